The number of pyridine rings is 1. The van der Waals surface area contributed by atoms with E-state index in [9.17, 15) is 5.11 Å². The molecule has 0 bridgehead atoms. The van der Waals surface area contributed by atoms with Gasteiger partial charge in [-0.3, -0.25) is 4.98 Å². The highest BCUT2D eigenvalue weighted by molar-refractivity contribution is 5.25. The van der Waals surface area contributed by atoms with E-state index in [2.05, 4.69) is 4.98 Å². The van der Waals surface area contributed by atoms with Gasteiger partial charge in [-0.1, -0.05) is 0 Å². The maximum atomic E-state index is 9.26. The molecule has 0 fully saturated rings. The third-order valence-electron chi connectivity index (χ3n) is 1.56. The summed E-state index contributed by atoms with van der Waals surface area (Å²) in [5.74, 6) is 0.126. The van der Waals surface area contributed by atoms with Crippen LogP contribution in [0.3, 0.4) is 0 Å². The summed E-state index contributed by atoms with van der Waals surface area (Å²) in [6.45, 7) is -0.101. The molecule has 1 aromatic heterocycles. The maximum absolute atomic E-state index is 9.26. The number of nitrogens with zero attached hydrogens (tertiary/aromatic N) is 1. The van der Waals surface area contributed by atoms with Crippen LogP contribution in [-0.2, 0) is 6.42 Å². The van der Waals surface area contributed by atoms with Crippen LogP contribution in [-0.4, -0.2) is 27.8 Å². The Hall–Kier alpha value is -1.13. The minimum atomic E-state index is -0.356. The largest absolute Gasteiger partial charge is 0.506 e. The second-order valence-electron chi connectivity index (χ2n) is 2.62. The molecule has 0 radical (unpaired) electrons. The van der Waals surface area contributed by atoms with E-state index in [0.717, 1.165) is 0 Å². The highest BCUT2D eigenvalue weighted by atomic mass is 16.3. The second-order valence-corrected chi connectivity index (χ2v) is 2.62. The summed E-state index contributed by atoms with van der Waals surface area (Å²) >= 11 is 0. The molecule has 0 unspecified atom stereocenters. The lowest BCUT2D eigenvalue weighted by atomic mass is 10.1. The zero-order valence-corrected chi connectivity index (χ0v) is 6.64. The first kappa shape index (κ1) is 8.96. The molecule has 4 N–H and O–H groups in total. The lowest BCUT2D eigenvalue weighted by Crippen LogP contribution is -2.27. The topological polar surface area (TPSA) is 79.4 Å². The molecule has 0 saturated heterocycles. The minimum Gasteiger partial charge on any atom is -0.506 e. The van der Waals surface area contributed by atoms with Crippen LogP contribution in [0.5, 0.6) is 5.75 Å². The van der Waals surface area contributed by atoms with Crippen molar-refractivity contribution in [3.05, 3.63) is 24.0 Å². The zero-order valence-electron chi connectivity index (χ0n) is 6.64. The molecule has 1 rings (SSSR count). The fraction of sp³-hybridized carbons (Fsp3) is 0.375. The highest BCUT2D eigenvalue weighted by Crippen LogP contribution is 2.13. The van der Waals surface area contributed by atoms with Gasteiger partial charge in [0.05, 0.1) is 12.3 Å². The molecular weight excluding hydrogens is 156 g/mol. The second kappa shape index (κ2) is 4.04. The maximum Gasteiger partial charge on any atom is 0.137 e. The summed E-state index contributed by atoms with van der Waals surface area (Å²) < 4.78 is 0. The normalized spacial score (nSPS) is 12.8. The van der Waals surface area contributed by atoms with Crippen molar-refractivity contribution in [3.63, 3.8) is 0 Å². The van der Waals surface area contributed by atoms with Gasteiger partial charge in [0, 0.05) is 18.7 Å². The predicted octanol–water partition coefficient (Wildman–Crippen LogP) is -0.351. The lowest BCUT2D eigenvalue weighted by Gasteiger charge is -2.07. The number of nitrogens with two attached hydrogens (primary N) is 1. The fourth-order valence-corrected chi connectivity index (χ4v) is 0.900. The van der Waals surface area contributed by atoms with E-state index in [-0.39, 0.29) is 18.4 Å². The van der Waals surface area contributed by atoms with E-state index in [4.69, 9.17) is 10.8 Å². The van der Waals surface area contributed by atoms with Crippen LogP contribution in [0.4, 0.5) is 0 Å². The Morgan fingerprint density at radius 2 is 2.33 bits per heavy atom. The average Bonchev–Trinajstić information content (AvgIpc) is 2.09. The van der Waals surface area contributed by atoms with Crippen molar-refractivity contribution in [3.8, 4) is 5.75 Å². The first-order chi connectivity index (χ1) is 5.74. The molecule has 0 aliphatic heterocycles. The molecule has 0 aliphatic carbocycles. The van der Waals surface area contributed by atoms with Crippen LogP contribution >= 0.6 is 0 Å². The molecule has 4 heteroatoms. The number of aromatic nitrogens is 1. The van der Waals surface area contributed by atoms with Crippen molar-refractivity contribution in [1.82, 2.24) is 4.98 Å². The van der Waals surface area contributed by atoms with Gasteiger partial charge in [0.25, 0.3) is 0 Å². The Labute approximate surface area is 70.7 Å². The molecule has 4 nitrogen and oxygen atoms in total. The summed E-state index contributed by atoms with van der Waals surface area (Å²) in [5, 5.41) is 17.9. The number of aliphatic hydroxyl groups excluding tert-OH is 1. The van der Waals surface area contributed by atoms with E-state index >= 15 is 0 Å². The summed E-state index contributed by atoms with van der Waals surface area (Å²) in [6.07, 6.45) is 1.97. The van der Waals surface area contributed by atoms with Gasteiger partial charge in [0.2, 0.25) is 0 Å². The SMILES string of the molecule is N[C@@H](CO)Cc1ncccc1O. The van der Waals surface area contributed by atoms with E-state index < -0.39 is 0 Å². The number of aromatic hydroxyl groups is 1. The van der Waals surface area contributed by atoms with Crippen molar-refractivity contribution >= 4 is 0 Å². The van der Waals surface area contributed by atoms with Crippen LogP contribution in [0.25, 0.3) is 0 Å². The van der Waals surface area contributed by atoms with E-state index in [1.54, 1.807) is 18.3 Å². The Balaban J connectivity index is 2.69. The van der Waals surface area contributed by atoms with Crippen LogP contribution in [0.2, 0.25) is 0 Å². The third-order valence-corrected chi connectivity index (χ3v) is 1.56. The van der Waals surface area contributed by atoms with Crippen LogP contribution in [0.15, 0.2) is 18.3 Å². The van der Waals surface area contributed by atoms with E-state index in [1.807, 2.05) is 0 Å². The molecule has 0 aliphatic rings. The first-order valence-electron chi connectivity index (χ1n) is 3.73. The summed E-state index contributed by atoms with van der Waals surface area (Å²) in [4.78, 5) is 3.93. The van der Waals surface area contributed by atoms with Gasteiger partial charge >= 0.3 is 0 Å². The molecule has 0 aromatic carbocycles. The van der Waals surface area contributed by atoms with Gasteiger partial charge < -0.3 is 15.9 Å². The Kier molecular flexibility index (Phi) is 3.01. The molecule has 1 heterocycles. The summed E-state index contributed by atoms with van der Waals surface area (Å²) in [7, 11) is 0. The number of rotatable bonds is 3. The number of aliphatic hydroxyl groups is 1. The highest BCUT2D eigenvalue weighted by Gasteiger charge is 2.06. The molecule has 1 atom stereocenters. The fourth-order valence-electron chi connectivity index (χ4n) is 0.900. The number of hydrogen-bond donors (Lipinski definition) is 3. The Bertz CT molecular complexity index is 253. The van der Waals surface area contributed by atoms with Gasteiger partial charge in [-0.2, -0.15) is 0 Å². The van der Waals surface area contributed by atoms with Crippen molar-refractivity contribution in [1.29, 1.82) is 0 Å². The smallest absolute Gasteiger partial charge is 0.137 e. The summed E-state index contributed by atoms with van der Waals surface area (Å²) in [6, 6.07) is 2.83. The van der Waals surface area contributed by atoms with Crippen LogP contribution in [0, 0.1) is 0 Å². The quantitative estimate of drug-likeness (QED) is 0.576. The molecular formula is C8H12N2O2. The standard InChI is InChI=1S/C8H12N2O2/c9-6(5-11)4-7-8(12)2-1-3-10-7/h1-3,6,11-12H,4-5,9H2/t6-/m1/s1. The molecule has 12 heavy (non-hydrogen) atoms. The Morgan fingerprint density at radius 3 is 2.92 bits per heavy atom. The number of hydrogen-bond acceptors (Lipinski definition) is 4. The summed E-state index contributed by atoms with van der Waals surface area (Å²) in [5.41, 5.74) is 6.00. The van der Waals surface area contributed by atoms with Crippen LogP contribution < -0.4 is 5.73 Å². The first-order valence-corrected chi connectivity index (χ1v) is 3.73. The van der Waals surface area contributed by atoms with Crippen LogP contribution in [0.1, 0.15) is 5.69 Å². The third kappa shape index (κ3) is 2.18. The molecule has 1 aromatic rings. The van der Waals surface area contributed by atoms with Gasteiger partial charge in [0.15, 0.2) is 0 Å². The zero-order chi connectivity index (χ0) is 8.97. The van der Waals surface area contributed by atoms with Gasteiger partial charge in [0.1, 0.15) is 5.75 Å². The lowest BCUT2D eigenvalue weighted by molar-refractivity contribution is 0.264. The molecule has 66 valence electrons. The van der Waals surface area contributed by atoms with E-state index in [1.165, 1.54) is 0 Å². The van der Waals surface area contributed by atoms with Gasteiger partial charge in [-0.05, 0) is 12.1 Å². The Morgan fingerprint density at radius 1 is 1.58 bits per heavy atom. The monoisotopic (exact) mass is 168 g/mol. The van der Waals surface area contributed by atoms with Gasteiger partial charge in [-0.25, -0.2) is 0 Å². The molecule has 0 amide bonds. The van der Waals surface area contributed by atoms with Crippen molar-refractivity contribution in [2.75, 3.05) is 6.61 Å². The molecule has 0 spiro atoms. The molecule has 0 saturated carbocycles. The van der Waals surface area contributed by atoms with Crippen molar-refractivity contribution < 1.29 is 10.2 Å². The predicted molar refractivity (Wildman–Crippen MR) is 44.7 cm³/mol. The van der Waals surface area contributed by atoms with Crippen molar-refractivity contribution in [2.24, 2.45) is 5.73 Å². The van der Waals surface area contributed by atoms with E-state index in [0.29, 0.717) is 12.1 Å². The minimum absolute atomic E-state index is 0.101. The van der Waals surface area contributed by atoms with Gasteiger partial charge in [-0.15, -0.1) is 0 Å². The average molecular weight is 168 g/mol. The van der Waals surface area contributed by atoms with Crippen molar-refractivity contribution in [2.45, 2.75) is 12.5 Å².